The first kappa shape index (κ1) is 20.6. The van der Waals surface area contributed by atoms with Crippen molar-refractivity contribution in [3.8, 4) is 0 Å². The summed E-state index contributed by atoms with van der Waals surface area (Å²) >= 11 is 6.12. The second-order valence-corrected chi connectivity index (χ2v) is 8.58. The van der Waals surface area contributed by atoms with E-state index in [0.29, 0.717) is 35.7 Å². The summed E-state index contributed by atoms with van der Waals surface area (Å²) in [5, 5.41) is 0.711. The largest absolute Gasteiger partial charge is 0.454 e. The number of anilines is 1. The van der Waals surface area contributed by atoms with Gasteiger partial charge in [-0.05, 0) is 47.5 Å². The minimum absolute atomic E-state index is 0.00579. The molecule has 0 spiro atoms. The van der Waals surface area contributed by atoms with E-state index in [-0.39, 0.29) is 18.0 Å². The van der Waals surface area contributed by atoms with Gasteiger partial charge in [-0.25, -0.2) is 4.79 Å². The number of carbonyl (C=O) groups is 2. The molecule has 1 atom stereocenters. The summed E-state index contributed by atoms with van der Waals surface area (Å²) in [6.45, 7) is 2.77. The Bertz CT molecular complexity index is 1160. The zero-order chi connectivity index (χ0) is 22.1. The molecule has 162 valence electrons. The molecule has 2 aliphatic rings. The molecule has 0 aliphatic carbocycles. The Morgan fingerprint density at radius 1 is 0.906 bits per heavy atom. The molecule has 1 saturated heterocycles. The van der Waals surface area contributed by atoms with Crippen LogP contribution >= 0.6 is 11.6 Å². The molecule has 0 saturated carbocycles. The molecular weight excluding hydrogens is 424 g/mol. The molecule has 3 aromatic carbocycles. The molecule has 5 nitrogen and oxygen atoms in total. The Morgan fingerprint density at radius 2 is 1.69 bits per heavy atom. The molecule has 5 rings (SSSR count). The Labute approximate surface area is 192 Å². The van der Waals surface area contributed by atoms with Crippen LogP contribution in [0.1, 0.15) is 37.9 Å². The highest BCUT2D eigenvalue weighted by molar-refractivity contribution is 6.30. The van der Waals surface area contributed by atoms with Crippen molar-refractivity contribution in [2.45, 2.75) is 12.5 Å². The van der Waals surface area contributed by atoms with Crippen LogP contribution in [0.3, 0.4) is 0 Å². The van der Waals surface area contributed by atoms with Crippen LogP contribution in [0, 0.1) is 0 Å². The number of benzene rings is 3. The van der Waals surface area contributed by atoms with Crippen LogP contribution in [0.5, 0.6) is 0 Å². The lowest BCUT2D eigenvalue weighted by Gasteiger charge is -2.36. The average Bonchev–Trinajstić information content (AvgIpc) is 2.84. The number of hydrogen-bond acceptors (Lipinski definition) is 4. The van der Waals surface area contributed by atoms with Gasteiger partial charge in [0.25, 0.3) is 5.91 Å². The van der Waals surface area contributed by atoms with Crippen molar-refractivity contribution in [1.29, 1.82) is 0 Å². The van der Waals surface area contributed by atoms with Gasteiger partial charge >= 0.3 is 5.97 Å². The van der Waals surface area contributed by atoms with E-state index in [4.69, 9.17) is 16.3 Å². The van der Waals surface area contributed by atoms with Gasteiger partial charge in [-0.2, -0.15) is 0 Å². The highest BCUT2D eigenvalue weighted by Gasteiger charge is 2.29. The van der Waals surface area contributed by atoms with Crippen LogP contribution in [0.2, 0.25) is 5.02 Å². The van der Waals surface area contributed by atoms with E-state index in [1.165, 1.54) is 0 Å². The third-order valence-corrected chi connectivity index (χ3v) is 6.37. The van der Waals surface area contributed by atoms with Crippen molar-refractivity contribution in [3.05, 3.63) is 100 Å². The molecule has 1 fully saturated rings. The first-order valence-corrected chi connectivity index (χ1v) is 11.1. The summed E-state index contributed by atoms with van der Waals surface area (Å²) in [6, 6.07) is 22.8. The zero-order valence-electron chi connectivity index (χ0n) is 17.5. The summed E-state index contributed by atoms with van der Waals surface area (Å²) in [5.74, 6) is -0.344. The molecule has 0 radical (unpaired) electrons. The van der Waals surface area contributed by atoms with E-state index >= 15 is 0 Å². The summed E-state index contributed by atoms with van der Waals surface area (Å²) in [5.41, 5.74) is 4.05. The van der Waals surface area contributed by atoms with E-state index in [1.54, 1.807) is 12.1 Å². The Kier molecular flexibility index (Phi) is 5.58. The Hall–Kier alpha value is -3.31. The highest BCUT2D eigenvalue weighted by Crippen LogP contribution is 2.31. The second-order valence-electron chi connectivity index (χ2n) is 8.14. The van der Waals surface area contributed by atoms with Crippen molar-refractivity contribution in [1.82, 2.24) is 4.90 Å². The van der Waals surface area contributed by atoms with E-state index in [2.05, 4.69) is 4.90 Å². The van der Waals surface area contributed by atoms with E-state index < -0.39 is 0 Å². The predicted octanol–water partition coefficient (Wildman–Crippen LogP) is 4.76. The van der Waals surface area contributed by atoms with Crippen molar-refractivity contribution < 1.29 is 14.3 Å². The van der Waals surface area contributed by atoms with Crippen LogP contribution < -0.4 is 4.90 Å². The molecule has 0 N–H and O–H groups in total. The summed E-state index contributed by atoms with van der Waals surface area (Å²) in [6.07, 6.45) is 0.233. The first-order chi connectivity index (χ1) is 15.6. The molecule has 2 aliphatic heterocycles. The number of ether oxygens (including phenoxy) is 1. The van der Waals surface area contributed by atoms with Gasteiger partial charge in [0.2, 0.25) is 0 Å². The quantitative estimate of drug-likeness (QED) is 0.544. The molecule has 1 amide bonds. The van der Waals surface area contributed by atoms with E-state index in [1.807, 2.05) is 65.6 Å². The number of esters is 1. The fraction of sp³-hybridized carbons (Fsp3) is 0.231. The van der Waals surface area contributed by atoms with Gasteiger partial charge in [-0.15, -0.1) is 0 Å². The van der Waals surface area contributed by atoms with Crippen LogP contribution in [0.25, 0.3) is 0 Å². The number of hydrogen-bond donors (Lipinski definition) is 0. The number of piperazine rings is 1. The van der Waals surface area contributed by atoms with Crippen LogP contribution in [-0.4, -0.2) is 43.0 Å². The topological polar surface area (TPSA) is 49.9 Å². The maximum absolute atomic E-state index is 13.2. The summed E-state index contributed by atoms with van der Waals surface area (Å²) in [7, 11) is 0. The summed E-state index contributed by atoms with van der Waals surface area (Å²) < 4.78 is 5.63. The number of amides is 1. The molecule has 6 heteroatoms. The zero-order valence-corrected chi connectivity index (χ0v) is 18.3. The molecule has 3 aromatic rings. The standard InChI is InChI=1S/C26H23ClN2O3/c27-21-7-4-8-22(17-21)28-11-13-29(14-12-28)25(30)19-9-10-23-20(15-19)16-24(32-26(23)31)18-5-2-1-3-6-18/h1-10,15,17,24H,11-14,16H2/t24-/m0/s1. The maximum atomic E-state index is 13.2. The highest BCUT2D eigenvalue weighted by atomic mass is 35.5. The Morgan fingerprint density at radius 3 is 2.44 bits per heavy atom. The van der Waals surface area contributed by atoms with Gasteiger partial charge in [0, 0.05) is 48.9 Å². The van der Waals surface area contributed by atoms with Gasteiger partial charge in [-0.3, -0.25) is 4.79 Å². The molecule has 2 heterocycles. The normalized spacial score (nSPS) is 18.2. The number of fused-ring (bicyclic) bond motifs is 1. The van der Waals surface area contributed by atoms with Crippen LogP contribution in [0.15, 0.2) is 72.8 Å². The average molecular weight is 447 g/mol. The minimum atomic E-state index is -0.339. The van der Waals surface area contributed by atoms with Gasteiger partial charge in [0.15, 0.2) is 0 Å². The molecule has 0 unspecified atom stereocenters. The van der Waals surface area contributed by atoms with Crippen LogP contribution in [-0.2, 0) is 11.2 Å². The van der Waals surface area contributed by atoms with Crippen molar-refractivity contribution >= 4 is 29.2 Å². The third kappa shape index (κ3) is 4.08. The lowest BCUT2D eigenvalue weighted by molar-refractivity contribution is 0.0252. The van der Waals surface area contributed by atoms with Crippen molar-refractivity contribution in [3.63, 3.8) is 0 Å². The monoisotopic (exact) mass is 446 g/mol. The lowest BCUT2D eigenvalue weighted by Crippen LogP contribution is -2.48. The second kappa shape index (κ2) is 8.67. The number of cyclic esters (lactones) is 1. The predicted molar refractivity (Wildman–Crippen MR) is 124 cm³/mol. The first-order valence-electron chi connectivity index (χ1n) is 10.8. The molecule has 32 heavy (non-hydrogen) atoms. The number of carbonyl (C=O) groups excluding carboxylic acids is 2. The van der Waals surface area contributed by atoms with Gasteiger partial charge in [0.1, 0.15) is 6.10 Å². The SMILES string of the molecule is O=C1O[C@H](c2ccccc2)Cc2cc(C(=O)N3CCN(c4cccc(Cl)c4)CC3)ccc21. The van der Waals surface area contributed by atoms with E-state index in [9.17, 15) is 9.59 Å². The fourth-order valence-corrected chi connectivity index (χ4v) is 4.59. The Balaban J connectivity index is 1.30. The number of rotatable bonds is 3. The van der Waals surface area contributed by atoms with Gasteiger partial charge < -0.3 is 14.5 Å². The molecule has 0 aromatic heterocycles. The summed E-state index contributed by atoms with van der Waals surface area (Å²) in [4.78, 5) is 29.8. The lowest BCUT2D eigenvalue weighted by atomic mass is 9.93. The molecular formula is C26H23ClN2O3. The number of nitrogens with zero attached hydrogens (tertiary/aromatic N) is 2. The van der Waals surface area contributed by atoms with Crippen LogP contribution in [0.4, 0.5) is 5.69 Å². The number of halogens is 1. The maximum Gasteiger partial charge on any atom is 0.339 e. The minimum Gasteiger partial charge on any atom is -0.454 e. The van der Waals surface area contributed by atoms with Crippen molar-refractivity contribution in [2.75, 3.05) is 31.1 Å². The van der Waals surface area contributed by atoms with Gasteiger partial charge in [0.05, 0.1) is 5.56 Å². The third-order valence-electron chi connectivity index (χ3n) is 6.14. The van der Waals surface area contributed by atoms with Gasteiger partial charge in [-0.1, -0.05) is 48.0 Å². The fourth-order valence-electron chi connectivity index (χ4n) is 4.41. The van der Waals surface area contributed by atoms with Crippen molar-refractivity contribution in [2.24, 2.45) is 0 Å². The molecule has 0 bridgehead atoms. The smallest absolute Gasteiger partial charge is 0.339 e. The van der Waals surface area contributed by atoms with E-state index in [0.717, 1.165) is 29.9 Å².